The van der Waals surface area contributed by atoms with Crippen LogP contribution in [0.15, 0.2) is 0 Å². The van der Waals surface area contributed by atoms with Crippen LogP contribution in [0.1, 0.15) is 99.8 Å². The Morgan fingerprint density at radius 1 is 0.957 bits per heavy atom. The quantitative estimate of drug-likeness (QED) is 0.239. The highest BCUT2D eigenvalue weighted by Crippen LogP contribution is 2.89. The highest BCUT2D eigenvalue weighted by Gasteiger charge is 2.84. The van der Waals surface area contributed by atoms with E-state index in [4.69, 9.17) is 24.7 Å². The van der Waals surface area contributed by atoms with Crippen LogP contribution in [0.2, 0.25) is 0 Å². The lowest BCUT2D eigenvalue weighted by Gasteiger charge is -2.64. The predicted molar refractivity (Wildman–Crippen MR) is 169 cm³/mol. The van der Waals surface area contributed by atoms with Crippen molar-refractivity contribution in [1.29, 1.82) is 0 Å². The summed E-state index contributed by atoms with van der Waals surface area (Å²) in [4.78, 5) is 11.8. The van der Waals surface area contributed by atoms with Crippen LogP contribution in [-0.4, -0.2) is 99.0 Å². The number of carbonyl (C=O) groups is 1. The van der Waals surface area contributed by atoms with Crippen LogP contribution in [-0.2, 0) is 18.9 Å². The van der Waals surface area contributed by atoms with E-state index in [1.165, 1.54) is 0 Å². The molecule has 11 nitrogen and oxygen atoms in total. The molecule has 11 heteroatoms. The van der Waals surface area contributed by atoms with Crippen LogP contribution in [0.5, 0.6) is 0 Å². The van der Waals surface area contributed by atoms with Crippen molar-refractivity contribution in [2.45, 2.75) is 161 Å². The van der Waals surface area contributed by atoms with Gasteiger partial charge in [-0.15, -0.1) is 0 Å². The van der Waals surface area contributed by atoms with Gasteiger partial charge in [0.25, 0.3) is 0 Å². The SMILES string of the molecule is C[C@@H]1C[C@H]([C@H](OC(N)=O)C(C)(C)O)OC2C1[C@@]1(C)CC[C@@]34C[C@@]35CC[C@H](O[C@@H]3OC[C@@H](O)[C@H](O)[C@H]3O)C(C)(C)[C@@H]5CC[C@H]4[C@]1(C)[C@H]2O. The smallest absolute Gasteiger partial charge is 0.404 e. The molecule has 7 rings (SSSR count). The highest BCUT2D eigenvalue weighted by molar-refractivity contribution is 5.65. The first-order valence-electron chi connectivity index (χ1n) is 18.1. The zero-order chi connectivity index (χ0) is 34.3. The van der Waals surface area contributed by atoms with Crippen molar-refractivity contribution < 1.29 is 49.3 Å². The Morgan fingerprint density at radius 3 is 2.28 bits per heavy atom. The Bertz CT molecular complexity index is 1260. The van der Waals surface area contributed by atoms with Gasteiger partial charge in [-0.2, -0.15) is 0 Å². The molecule has 0 bridgehead atoms. The molecule has 7 N–H and O–H groups in total. The third kappa shape index (κ3) is 4.49. The maximum Gasteiger partial charge on any atom is 0.404 e. The van der Waals surface area contributed by atoms with E-state index < -0.39 is 60.7 Å². The van der Waals surface area contributed by atoms with Crippen molar-refractivity contribution in [3.63, 3.8) is 0 Å². The van der Waals surface area contributed by atoms with Gasteiger partial charge in [0.05, 0.1) is 36.6 Å². The number of nitrogens with two attached hydrogens (primary N) is 1. The van der Waals surface area contributed by atoms with Crippen molar-refractivity contribution in [3.8, 4) is 0 Å². The van der Waals surface area contributed by atoms with Crippen molar-refractivity contribution in [1.82, 2.24) is 0 Å². The van der Waals surface area contributed by atoms with Crippen molar-refractivity contribution >= 4 is 6.09 Å². The van der Waals surface area contributed by atoms with E-state index in [0.29, 0.717) is 18.3 Å². The number of ether oxygens (including phenoxy) is 4. The summed E-state index contributed by atoms with van der Waals surface area (Å²) in [6.07, 6.45) is -0.706. The van der Waals surface area contributed by atoms with Gasteiger partial charge < -0.3 is 50.2 Å². The Balaban J connectivity index is 1.14. The third-order valence-corrected chi connectivity index (χ3v) is 15.8. The van der Waals surface area contributed by atoms with Gasteiger partial charge in [0.1, 0.15) is 18.3 Å². The standard InChI is InChI=1S/C36H59NO10/c1-17-14-19(28(32(4,5)43)47-30(37)42)45-26-23(17)33(6)12-13-36-16-35(36)11-10-22(46-29-25(40)24(39)18(38)15-44-29)31(2,3)20(35)8-9-21(36)34(33,7)27(26)41/h17-29,38-41,43H,8-16H2,1-7H3,(H2,37,42)/t17-,18-,19-,20+,21+,22+,23?,24+,25-,26?,27+,28+,29+,33-,34-,35-,36+/m1/s1. The normalized spacial score (nSPS) is 55.4. The minimum absolute atomic E-state index is 0.0739. The fourth-order valence-electron chi connectivity index (χ4n) is 13.6. The molecule has 7 aliphatic rings. The van der Waals surface area contributed by atoms with Crippen LogP contribution in [0.4, 0.5) is 4.79 Å². The van der Waals surface area contributed by atoms with Crippen molar-refractivity contribution in [2.24, 2.45) is 56.5 Å². The molecule has 2 aliphatic heterocycles. The number of rotatable bonds is 5. The molecule has 5 saturated carbocycles. The maximum atomic E-state index is 12.5. The van der Waals surface area contributed by atoms with Gasteiger partial charge in [-0.1, -0.05) is 34.6 Å². The molecule has 0 aromatic heterocycles. The Hall–Kier alpha value is -1.05. The Morgan fingerprint density at radius 2 is 1.62 bits per heavy atom. The largest absolute Gasteiger partial charge is 0.441 e. The lowest BCUT2D eigenvalue weighted by atomic mass is 9.41. The zero-order valence-corrected chi connectivity index (χ0v) is 29.2. The molecule has 7 fully saturated rings. The fourth-order valence-corrected chi connectivity index (χ4v) is 13.6. The number of hydrogen-bond donors (Lipinski definition) is 6. The van der Waals surface area contributed by atoms with Gasteiger partial charge in [0.2, 0.25) is 0 Å². The van der Waals surface area contributed by atoms with E-state index >= 15 is 0 Å². The minimum Gasteiger partial charge on any atom is -0.441 e. The molecule has 2 spiro atoms. The molecule has 0 aromatic rings. The summed E-state index contributed by atoms with van der Waals surface area (Å²) in [7, 11) is 0. The van der Waals surface area contributed by atoms with E-state index in [9.17, 15) is 30.3 Å². The van der Waals surface area contributed by atoms with E-state index in [1.807, 2.05) is 0 Å². The number of aliphatic hydroxyl groups excluding tert-OH is 4. The average molecular weight is 666 g/mol. The molecule has 2 unspecified atom stereocenters. The number of primary amides is 1. The molecule has 0 aromatic carbocycles. The Kier molecular flexibility index (Phi) is 7.85. The van der Waals surface area contributed by atoms with Crippen LogP contribution < -0.4 is 5.73 Å². The molecule has 0 radical (unpaired) electrons. The number of hydrogen-bond acceptors (Lipinski definition) is 10. The summed E-state index contributed by atoms with van der Waals surface area (Å²) in [5.74, 6) is 1.06. The fraction of sp³-hybridized carbons (Fsp3) is 0.972. The number of fused-ring (bicyclic) bond motifs is 4. The molecule has 268 valence electrons. The summed E-state index contributed by atoms with van der Waals surface area (Å²) in [5.41, 5.74) is 3.64. The topological polar surface area (TPSA) is 181 Å². The van der Waals surface area contributed by atoms with Gasteiger partial charge in [-0.25, -0.2) is 4.79 Å². The molecular formula is C36H59NO10. The van der Waals surface area contributed by atoms with Crippen LogP contribution in [0, 0.1) is 50.7 Å². The second-order valence-corrected chi connectivity index (χ2v) is 18.4. The predicted octanol–water partition coefficient (Wildman–Crippen LogP) is 2.86. The van der Waals surface area contributed by atoms with Crippen LogP contribution >= 0.6 is 0 Å². The molecule has 5 aliphatic carbocycles. The molecule has 2 saturated heterocycles. The van der Waals surface area contributed by atoms with Gasteiger partial charge in [0.15, 0.2) is 12.4 Å². The lowest BCUT2D eigenvalue weighted by molar-refractivity contribution is -0.303. The Labute approximate surface area is 278 Å². The summed E-state index contributed by atoms with van der Waals surface area (Å²) in [6, 6.07) is 0. The first-order valence-corrected chi connectivity index (χ1v) is 18.1. The monoisotopic (exact) mass is 665 g/mol. The van der Waals surface area contributed by atoms with E-state index in [-0.39, 0.29) is 51.6 Å². The first-order chi connectivity index (χ1) is 21.8. The molecule has 1 amide bonds. The van der Waals surface area contributed by atoms with Crippen LogP contribution in [0.25, 0.3) is 0 Å². The average Bonchev–Trinajstić information content (AvgIpc) is 3.61. The second kappa shape index (κ2) is 10.7. The summed E-state index contributed by atoms with van der Waals surface area (Å²) in [5, 5.41) is 54.2. The van der Waals surface area contributed by atoms with E-state index in [0.717, 1.165) is 44.9 Å². The first kappa shape index (κ1) is 34.4. The van der Waals surface area contributed by atoms with E-state index in [2.05, 4.69) is 34.6 Å². The lowest BCUT2D eigenvalue weighted by Crippen LogP contribution is -2.61. The van der Waals surface area contributed by atoms with Gasteiger partial charge in [0, 0.05) is 5.41 Å². The van der Waals surface area contributed by atoms with Gasteiger partial charge >= 0.3 is 6.09 Å². The number of aliphatic hydroxyl groups is 5. The molecule has 2 heterocycles. The van der Waals surface area contributed by atoms with E-state index in [1.54, 1.807) is 13.8 Å². The second-order valence-electron chi connectivity index (χ2n) is 18.4. The van der Waals surface area contributed by atoms with Crippen molar-refractivity contribution in [2.75, 3.05) is 6.61 Å². The van der Waals surface area contributed by atoms with Crippen molar-refractivity contribution in [3.05, 3.63) is 0 Å². The van der Waals surface area contributed by atoms with Crippen LogP contribution in [0.3, 0.4) is 0 Å². The third-order valence-electron chi connectivity index (χ3n) is 15.8. The zero-order valence-electron chi connectivity index (χ0n) is 29.2. The summed E-state index contributed by atoms with van der Waals surface area (Å²) in [6.45, 7) is 14.6. The van der Waals surface area contributed by atoms with Gasteiger partial charge in [-0.3, -0.25) is 0 Å². The molecule has 17 atom stereocenters. The van der Waals surface area contributed by atoms with Gasteiger partial charge in [-0.05, 0) is 111 Å². The highest BCUT2D eigenvalue weighted by atomic mass is 16.7. The minimum atomic E-state index is -1.36. The summed E-state index contributed by atoms with van der Waals surface area (Å²) < 4.78 is 24.3. The molecular weight excluding hydrogens is 606 g/mol. The number of carbonyl (C=O) groups excluding carboxylic acids is 1. The summed E-state index contributed by atoms with van der Waals surface area (Å²) >= 11 is 0. The molecule has 47 heavy (non-hydrogen) atoms. The number of amides is 1. The maximum absolute atomic E-state index is 12.5.